The molecular formula is C21H20N4O3. The predicted molar refractivity (Wildman–Crippen MR) is 109 cm³/mol. The number of hydrogen-bond acceptors (Lipinski definition) is 5. The summed E-state index contributed by atoms with van der Waals surface area (Å²) in [6.45, 7) is 0.358. The van der Waals surface area contributed by atoms with Gasteiger partial charge in [-0.3, -0.25) is 4.79 Å². The Balaban J connectivity index is 1.70. The second-order valence-electron chi connectivity index (χ2n) is 6.22. The van der Waals surface area contributed by atoms with Crippen molar-refractivity contribution in [1.29, 1.82) is 0 Å². The summed E-state index contributed by atoms with van der Waals surface area (Å²) in [6.07, 6.45) is 5.34. The number of ether oxygens (including phenoxy) is 2. The number of aromatic nitrogens is 3. The monoisotopic (exact) mass is 376 g/mol. The smallest absolute Gasteiger partial charge is 0.253 e. The molecule has 0 spiro atoms. The number of hydrogen-bond donors (Lipinski definition) is 2. The van der Waals surface area contributed by atoms with Crippen molar-refractivity contribution in [3.05, 3.63) is 77.1 Å². The molecule has 7 heteroatoms. The molecule has 142 valence electrons. The highest BCUT2D eigenvalue weighted by Crippen LogP contribution is 2.31. The van der Waals surface area contributed by atoms with Gasteiger partial charge in [0.05, 0.1) is 37.4 Å². The highest BCUT2D eigenvalue weighted by atomic mass is 16.5. The number of benzene rings is 2. The number of aromatic amines is 1. The lowest BCUT2D eigenvalue weighted by molar-refractivity contribution is 0.409. The highest BCUT2D eigenvalue weighted by molar-refractivity contribution is 5.90. The van der Waals surface area contributed by atoms with E-state index in [0.29, 0.717) is 29.1 Å². The topological polar surface area (TPSA) is 81.2 Å². The minimum absolute atomic E-state index is 0.174. The van der Waals surface area contributed by atoms with Crippen LogP contribution in [0.3, 0.4) is 0 Å². The van der Waals surface area contributed by atoms with Crippen LogP contribution in [0.15, 0.2) is 66.0 Å². The molecule has 0 bridgehead atoms. The molecule has 0 unspecified atom stereocenters. The molecule has 0 saturated heterocycles. The molecule has 0 fully saturated rings. The normalized spacial score (nSPS) is 10.8. The molecule has 0 atom stereocenters. The maximum atomic E-state index is 12.6. The zero-order chi connectivity index (χ0) is 19.5. The summed E-state index contributed by atoms with van der Waals surface area (Å²) >= 11 is 0. The highest BCUT2D eigenvalue weighted by Gasteiger charge is 2.12. The van der Waals surface area contributed by atoms with E-state index in [9.17, 15) is 4.79 Å². The number of rotatable bonds is 6. The predicted octanol–water partition coefficient (Wildman–Crippen LogP) is 3.34. The van der Waals surface area contributed by atoms with E-state index in [-0.39, 0.29) is 5.56 Å². The van der Waals surface area contributed by atoms with E-state index < -0.39 is 0 Å². The molecule has 0 aliphatic carbocycles. The molecule has 0 radical (unpaired) electrons. The van der Waals surface area contributed by atoms with Gasteiger partial charge in [-0.1, -0.05) is 12.1 Å². The van der Waals surface area contributed by atoms with E-state index in [2.05, 4.69) is 15.3 Å². The average Bonchev–Trinajstić information content (AvgIpc) is 3.26. The maximum Gasteiger partial charge on any atom is 0.253 e. The second-order valence-corrected chi connectivity index (χ2v) is 6.22. The number of fused-ring (bicyclic) bond motifs is 1. The summed E-state index contributed by atoms with van der Waals surface area (Å²) in [5.41, 5.74) is 2.90. The largest absolute Gasteiger partial charge is 0.496 e. The van der Waals surface area contributed by atoms with Crippen LogP contribution >= 0.6 is 0 Å². The molecular weight excluding hydrogens is 356 g/mol. The number of anilines is 1. The summed E-state index contributed by atoms with van der Waals surface area (Å²) < 4.78 is 12.7. The van der Waals surface area contributed by atoms with Gasteiger partial charge in [0.1, 0.15) is 11.5 Å². The fourth-order valence-corrected chi connectivity index (χ4v) is 3.21. The summed E-state index contributed by atoms with van der Waals surface area (Å²) in [5, 5.41) is 4.14. The number of methoxy groups -OCH3 is 2. The lowest BCUT2D eigenvalue weighted by atomic mass is 10.1. The van der Waals surface area contributed by atoms with Gasteiger partial charge in [0.25, 0.3) is 5.56 Å². The Bertz CT molecular complexity index is 1170. The van der Waals surface area contributed by atoms with Crippen LogP contribution in [-0.2, 0) is 6.54 Å². The number of imidazole rings is 1. The van der Waals surface area contributed by atoms with E-state index in [1.54, 1.807) is 32.8 Å². The summed E-state index contributed by atoms with van der Waals surface area (Å²) in [6, 6.07) is 13.3. The Labute approximate surface area is 161 Å². The number of nitrogens with one attached hydrogen (secondary N) is 2. The van der Waals surface area contributed by atoms with Gasteiger partial charge >= 0.3 is 0 Å². The van der Waals surface area contributed by atoms with Crippen molar-refractivity contribution in [2.24, 2.45) is 0 Å². The van der Waals surface area contributed by atoms with Gasteiger partial charge in [-0.25, -0.2) is 4.98 Å². The Morgan fingerprint density at radius 1 is 1.11 bits per heavy atom. The van der Waals surface area contributed by atoms with Crippen molar-refractivity contribution in [3.63, 3.8) is 0 Å². The van der Waals surface area contributed by atoms with Crippen LogP contribution in [0, 0.1) is 0 Å². The summed E-state index contributed by atoms with van der Waals surface area (Å²) in [4.78, 5) is 19.6. The Hall–Kier alpha value is -3.74. The van der Waals surface area contributed by atoms with Gasteiger partial charge in [0, 0.05) is 29.9 Å². The van der Waals surface area contributed by atoms with Gasteiger partial charge < -0.3 is 24.3 Å². The molecule has 2 heterocycles. The molecule has 0 amide bonds. The Kier molecular flexibility index (Phi) is 4.72. The minimum atomic E-state index is -0.174. The van der Waals surface area contributed by atoms with E-state index in [0.717, 1.165) is 16.8 Å². The van der Waals surface area contributed by atoms with Gasteiger partial charge in [-0.2, -0.15) is 0 Å². The van der Waals surface area contributed by atoms with Crippen molar-refractivity contribution < 1.29 is 9.47 Å². The summed E-state index contributed by atoms with van der Waals surface area (Å²) in [7, 11) is 3.17. The van der Waals surface area contributed by atoms with E-state index in [1.165, 1.54) is 0 Å². The number of pyridine rings is 1. The van der Waals surface area contributed by atoms with Crippen LogP contribution in [0.1, 0.15) is 5.56 Å². The zero-order valence-electron chi connectivity index (χ0n) is 15.6. The first kappa shape index (κ1) is 17.7. The second kappa shape index (κ2) is 7.48. The standard InChI is InChI=1S/C21H20N4O3/c1-27-18-7-8-19(28-2)20-15(18)11-14(21(26)24-20)12-23-16-5-3-4-6-17(16)25-10-9-22-13-25/h3-11,13,23H,12H2,1-2H3,(H,24,26). The van der Waals surface area contributed by atoms with E-state index in [1.807, 2.05) is 47.2 Å². The number of H-pyrrole nitrogens is 1. The number of nitrogens with zero attached hydrogens (tertiary/aromatic N) is 2. The fraction of sp³-hybridized carbons (Fsp3) is 0.143. The average molecular weight is 376 g/mol. The van der Waals surface area contributed by atoms with Crippen LogP contribution < -0.4 is 20.3 Å². The van der Waals surface area contributed by atoms with Crippen molar-refractivity contribution in [2.45, 2.75) is 6.54 Å². The lowest BCUT2D eigenvalue weighted by Gasteiger charge is -2.14. The molecule has 28 heavy (non-hydrogen) atoms. The summed E-state index contributed by atoms with van der Waals surface area (Å²) in [5.74, 6) is 1.27. The Morgan fingerprint density at radius 2 is 1.89 bits per heavy atom. The molecule has 0 saturated carbocycles. The molecule has 0 aliphatic rings. The SMILES string of the molecule is COc1ccc(OC)c2[nH]c(=O)c(CNc3ccccc3-n3ccnc3)cc12. The third-order valence-corrected chi connectivity index (χ3v) is 4.61. The van der Waals surface area contributed by atoms with E-state index >= 15 is 0 Å². The van der Waals surface area contributed by atoms with Crippen molar-refractivity contribution in [3.8, 4) is 17.2 Å². The molecule has 0 aliphatic heterocycles. The number of para-hydroxylation sites is 2. The van der Waals surface area contributed by atoms with Crippen LogP contribution in [-0.4, -0.2) is 28.8 Å². The van der Waals surface area contributed by atoms with Gasteiger partial charge in [-0.15, -0.1) is 0 Å². The lowest BCUT2D eigenvalue weighted by Crippen LogP contribution is -2.16. The molecule has 2 N–H and O–H groups in total. The third kappa shape index (κ3) is 3.18. The first-order chi connectivity index (χ1) is 13.7. The maximum absolute atomic E-state index is 12.6. The molecule has 7 nitrogen and oxygen atoms in total. The van der Waals surface area contributed by atoms with Crippen molar-refractivity contribution in [2.75, 3.05) is 19.5 Å². The van der Waals surface area contributed by atoms with Crippen LogP contribution in [0.25, 0.3) is 16.6 Å². The first-order valence-corrected chi connectivity index (χ1v) is 8.79. The van der Waals surface area contributed by atoms with Gasteiger partial charge in [0.15, 0.2) is 0 Å². The van der Waals surface area contributed by atoms with Crippen LogP contribution in [0.4, 0.5) is 5.69 Å². The minimum Gasteiger partial charge on any atom is -0.496 e. The van der Waals surface area contributed by atoms with Gasteiger partial charge in [-0.05, 0) is 30.3 Å². The molecule has 4 aromatic rings. The third-order valence-electron chi connectivity index (χ3n) is 4.61. The quantitative estimate of drug-likeness (QED) is 0.539. The fourth-order valence-electron chi connectivity index (χ4n) is 3.21. The van der Waals surface area contributed by atoms with Crippen molar-refractivity contribution >= 4 is 16.6 Å². The zero-order valence-corrected chi connectivity index (χ0v) is 15.6. The van der Waals surface area contributed by atoms with Gasteiger partial charge in [0.2, 0.25) is 0 Å². The molecule has 4 rings (SSSR count). The molecule has 2 aromatic carbocycles. The van der Waals surface area contributed by atoms with Crippen LogP contribution in [0.2, 0.25) is 0 Å². The molecule has 2 aromatic heterocycles. The van der Waals surface area contributed by atoms with E-state index in [4.69, 9.17) is 9.47 Å². The van der Waals surface area contributed by atoms with Crippen LogP contribution in [0.5, 0.6) is 11.5 Å². The van der Waals surface area contributed by atoms with Crippen molar-refractivity contribution in [1.82, 2.24) is 14.5 Å². The Morgan fingerprint density at radius 3 is 2.64 bits per heavy atom. The first-order valence-electron chi connectivity index (χ1n) is 8.79.